The molecule has 1 unspecified atom stereocenters. The zero-order valence-corrected chi connectivity index (χ0v) is 12.5. The molecular formula is C16H19N3O2. The molecule has 2 aromatic rings. The van der Waals surface area contributed by atoms with Gasteiger partial charge in [0.2, 0.25) is 0 Å². The summed E-state index contributed by atoms with van der Waals surface area (Å²) in [5, 5.41) is 12.5. The summed E-state index contributed by atoms with van der Waals surface area (Å²) in [6, 6.07) is 8.03. The van der Waals surface area contributed by atoms with E-state index in [4.69, 9.17) is 4.74 Å². The van der Waals surface area contributed by atoms with Gasteiger partial charge in [0.25, 0.3) is 0 Å². The highest BCUT2D eigenvalue weighted by molar-refractivity contribution is 6.03. The van der Waals surface area contributed by atoms with Crippen molar-refractivity contribution in [2.24, 2.45) is 5.41 Å². The zero-order valence-electron chi connectivity index (χ0n) is 12.5. The highest BCUT2D eigenvalue weighted by Gasteiger charge is 2.46. The lowest BCUT2D eigenvalue weighted by Crippen LogP contribution is -2.16. The van der Waals surface area contributed by atoms with Gasteiger partial charge >= 0.3 is 5.97 Å². The number of nitrogens with one attached hydrogen (secondary N) is 1. The Morgan fingerprint density at radius 2 is 2.10 bits per heavy atom. The van der Waals surface area contributed by atoms with Crippen molar-refractivity contribution in [1.82, 2.24) is 10.2 Å². The summed E-state index contributed by atoms with van der Waals surface area (Å²) >= 11 is 0. The van der Waals surface area contributed by atoms with E-state index >= 15 is 0 Å². The number of carbonyl (C=O) groups excluding carboxylic acids is 1. The first kappa shape index (κ1) is 13.8. The molecule has 1 aliphatic carbocycles. The van der Waals surface area contributed by atoms with E-state index in [1.54, 1.807) is 6.92 Å². The second kappa shape index (κ2) is 4.98. The summed E-state index contributed by atoms with van der Waals surface area (Å²) < 4.78 is 5.09. The van der Waals surface area contributed by atoms with Crippen LogP contribution in [-0.2, 0) is 4.74 Å². The molecule has 1 fully saturated rings. The average molecular weight is 285 g/mol. The van der Waals surface area contributed by atoms with Gasteiger partial charge in [-0.2, -0.15) is 0 Å². The van der Waals surface area contributed by atoms with Crippen LogP contribution in [0.1, 0.15) is 37.7 Å². The van der Waals surface area contributed by atoms with E-state index in [2.05, 4.69) is 29.4 Å². The summed E-state index contributed by atoms with van der Waals surface area (Å²) in [4.78, 5) is 12.1. The van der Waals surface area contributed by atoms with E-state index in [-0.39, 0.29) is 11.1 Å². The molecule has 1 heterocycles. The SMILES string of the molecule is CCOC(=O)c1nnc2ccccc2c1NC1CC1(C)C. The number of aromatic nitrogens is 2. The maximum absolute atomic E-state index is 12.1. The third-order valence-corrected chi connectivity index (χ3v) is 3.97. The van der Waals surface area contributed by atoms with E-state index in [9.17, 15) is 4.79 Å². The minimum absolute atomic E-state index is 0.246. The second-order valence-electron chi connectivity index (χ2n) is 6.05. The number of esters is 1. The molecule has 0 bridgehead atoms. The predicted molar refractivity (Wildman–Crippen MR) is 81.3 cm³/mol. The van der Waals surface area contributed by atoms with E-state index in [1.165, 1.54) is 0 Å². The predicted octanol–water partition coefficient (Wildman–Crippen LogP) is 3.02. The number of hydrogen-bond acceptors (Lipinski definition) is 5. The van der Waals surface area contributed by atoms with Crippen LogP contribution in [0.2, 0.25) is 0 Å². The van der Waals surface area contributed by atoms with E-state index in [0.717, 1.165) is 23.0 Å². The molecule has 1 atom stereocenters. The van der Waals surface area contributed by atoms with Gasteiger partial charge in [-0.3, -0.25) is 0 Å². The van der Waals surface area contributed by atoms with Gasteiger partial charge in [0, 0.05) is 11.4 Å². The number of rotatable bonds is 4. The standard InChI is InChI=1S/C16H19N3O2/c1-4-21-15(20)14-13(17-12-9-16(12,2)3)10-7-5-6-8-11(10)18-19-14/h5-8,12H,4,9H2,1-3H3,(H,17,18). The van der Waals surface area contributed by atoms with Crippen LogP contribution >= 0.6 is 0 Å². The van der Waals surface area contributed by atoms with Gasteiger partial charge in [0.15, 0.2) is 5.69 Å². The summed E-state index contributed by atoms with van der Waals surface area (Å²) in [6.45, 7) is 6.50. The molecule has 110 valence electrons. The van der Waals surface area contributed by atoms with Crippen LogP contribution in [0.15, 0.2) is 24.3 Å². The first-order valence-corrected chi connectivity index (χ1v) is 7.22. The van der Waals surface area contributed by atoms with Gasteiger partial charge in [-0.15, -0.1) is 10.2 Å². The fourth-order valence-electron chi connectivity index (χ4n) is 2.43. The lowest BCUT2D eigenvalue weighted by atomic mass is 10.1. The molecule has 5 nitrogen and oxygen atoms in total. The number of fused-ring (bicyclic) bond motifs is 1. The van der Waals surface area contributed by atoms with E-state index in [1.807, 2.05) is 24.3 Å². The van der Waals surface area contributed by atoms with Gasteiger partial charge in [-0.05, 0) is 24.8 Å². The Morgan fingerprint density at radius 1 is 1.38 bits per heavy atom. The molecule has 21 heavy (non-hydrogen) atoms. The van der Waals surface area contributed by atoms with E-state index in [0.29, 0.717) is 12.6 Å². The Morgan fingerprint density at radius 3 is 2.76 bits per heavy atom. The Hall–Kier alpha value is -2.17. The number of anilines is 1. The number of nitrogens with zero attached hydrogens (tertiary/aromatic N) is 2. The Bertz CT molecular complexity index is 697. The molecule has 0 amide bonds. The van der Waals surface area contributed by atoms with Crippen molar-refractivity contribution in [3.8, 4) is 0 Å². The second-order valence-corrected chi connectivity index (χ2v) is 6.05. The van der Waals surface area contributed by atoms with E-state index < -0.39 is 5.97 Å². The molecular weight excluding hydrogens is 266 g/mol. The van der Waals surface area contributed by atoms with Gasteiger partial charge in [-0.1, -0.05) is 32.0 Å². The smallest absolute Gasteiger partial charge is 0.361 e. The number of ether oxygens (including phenoxy) is 1. The van der Waals surface area contributed by atoms with Crippen molar-refractivity contribution in [2.45, 2.75) is 33.2 Å². The van der Waals surface area contributed by atoms with Crippen LogP contribution in [0, 0.1) is 5.41 Å². The van der Waals surface area contributed by atoms with Crippen LogP contribution in [0.5, 0.6) is 0 Å². The molecule has 1 saturated carbocycles. The Labute approximate surface area is 123 Å². The normalized spacial score (nSPS) is 19.3. The maximum atomic E-state index is 12.1. The molecule has 0 spiro atoms. The Kier molecular flexibility index (Phi) is 3.27. The number of benzene rings is 1. The van der Waals surface area contributed by atoms with Crippen molar-refractivity contribution >= 4 is 22.6 Å². The van der Waals surface area contributed by atoms with Crippen LogP contribution < -0.4 is 5.32 Å². The summed E-state index contributed by atoms with van der Waals surface area (Å²) in [5.41, 5.74) is 2.01. The lowest BCUT2D eigenvalue weighted by molar-refractivity contribution is 0.0519. The van der Waals surface area contributed by atoms with Crippen molar-refractivity contribution in [3.05, 3.63) is 30.0 Å². The molecule has 1 aliphatic rings. The Balaban J connectivity index is 2.07. The molecule has 0 radical (unpaired) electrons. The molecule has 3 rings (SSSR count). The van der Waals surface area contributed by atoms with Crippen LogP contribution in [0.3, 0.4) is 0 Å². The maximum Gasteiger partial charge on any atom is 0.361 e. The highest BCUT2D eigenvalue weighted by Crippen LogP contribution is 2.47. The molecule has 1 aromatic carbocycles. The largest absolute Gasteiger partial charge is 0.461 e. The fourth-order valence-corrected chi connectivity index (χ4v) is 2.43. The van der Waals surface area contributed by atoms with Crippen molar-refractivity contribution < 1.29 is 9.53 Å². The highest BCUT2D eigenvalue weighted by atomic mass is 16.5. The van der Waals surface area contributed by atoms with Crippen molar-refractivity contribution in [1.29, 1.82) is 0 Å². The van der Waals surface area contributed by atoms with Crippen LogP contribution in [0.25, 0.3) is 10.9 Å². The molecule has 0 aliphatic heterocycles. The summed E-state index contributed by atoms with van der Waals surface area (Å²) in [5.74, 6) is -0.434. The minimum atomic E-state index is -0.434. The monoisotopic (exact) mass is 285 g/mol. The summed E-state index contributed by atoms with van der Waals surface area (Å²) in [7, 11) is 0. The average Bonchev–Trinajstić information content (AvgIpc) is 3.06. The van der Waals surface area contributed by atoms with Gasteiger partial charge in [0.05, 0.1) is 17.8 Å². The van der Waals surface area contributed by atoms with Crippen molar-refractivity contribution in [3.63, 3.8) is 0 Å². The first-order chi connectivity index (χ1) is 10.0. The van der Waals surface area contributed by atoms with Gasteiger partial charge in [0.1, 0.15) is 0 Å². The topological polar surface area (TPSA) is 64.1 Å². The summed E-state index contributed by atoms with van der Waals surface area (Å²) in [6.07, 6.45) is 1.08. The number of carbonyl (C=O) groups is 1. The van der Waals surface area contributed by atoms with Gasteiger partial charge < -0.3 is 10.1 Å². The minimum Gasteiger partial charge on any atom is -0.461 e. The third kappa shape index (κ3) is 2.55. The first-order valence-electron chi connectivity index (χ1n) is 7.22. The molecule has 5 heteroatoms. The van der Waals surface area contributed by atoms with Gasteiger partial charge in [-0.25, -0.2) is 4.79 Å². The molecule has 1 N–H and O–H groups in total. The van der Waals surface area contributed by atoms with Crippen LogP contribution in [0.4, 0.5) is 5.69 Å². The third-order valence-electron chi connectivity index (χ3n) is 3.97. The molecule has 0 saturated heterocycles. The number of hydrogen-bond donors (Lipinski definition) is 1. The zero-order chi connectivity index (χ0) is 15.0. The fraction of sp³-hybridized carbons (Fsp3) is 0.438. The quantitative estimate of drug-likeness (QED) is 0.875. The lowest BCUT2D eigenvalue weighted by Gasteiger charge is -2.14. The van der Waals surface area contributed by atoms with Crippen LogP contribution in [-0.4, -0.2) is 28.8 Å². The van der Waals surface area contributed by atoms with Crippen molar-refractivity contribution in [2.75, 3.05) is 11.9 Å². The molecule has 1 aromatic heterocycles.